The number of aromatic nitrogens is 2. The predicted octanol–water partition coefficient (Wildman–Crippen LogP) is 5.54. The van der Waals surface area contributed by atoms with E-state index in [1.165, 1.54) is 19.3 Å². The highest BCUT2D eigenvalue weighted by Crippen LogP contribution is 2.67. The summed E-state index contributed by atoms with van der Waals surface area (Å²) in [6.45, 7) is 4.41. The quantitative estimate of drug-likeness (QED) is 0.697. The van der Waals surface area contributed by atoms with Crippen molar-refractivity contribution in [3.05, 3.63) is 33.6 Å². The molecule has 3 aliphatic carbocycles. The molecule has 0 saturated heterocycles. The van der Waals surface area contributed by atoms with Gasteiger partial charge in [0.1, 0.15) is 0 Å². The summed E-state index contributed by atoms with van der Waals surface area (Å²) in [4.78, 5) is 23.6. The third kappa shape index (κ3) is 2.40. The zero-order chi connectivity index (χ0) is 19.7. The second-order valence-electron chi connectivity index (χ2n) is 9.24. The van der Waals surface area contributed by atoms with Crippen LogP contribution in [0.25, 0.3) is 11.0 Å². The van der Waals surface area contributed by atoms with Crippen LogP contribution in [0.3, 0.4) is 0 Å². The molecule has 2 aromatic rings. The predicted molar refractivity (Wildman–Crippen MR) is 112 cm³/mol. The lowest BCUT2D eigenvalue weighted by atomic mass is 9.67. The third-order valence-electron chi connectivity index (χ3n) is 7.57. The molecule has 1 heterocycles. The van der Waals surface area contributed by atoms with Gasteiger partial charge < -0.3 is 5.32 Å². The minimum atomic E-state index is -0.613. The molecule has 2 saturated carbocycles. The summed E-state index contributed by atoms with van der Waals surface area (Å²) in [7, 11) is 0. The Morgan fingerprint density at radius 1 is 1.04 bits per heavy atom. The molecule has 0 radical (unpaired) electrons. The second kappa shape index (κ2) is 6.30. The van der Waals surface area contributed by atoms with Gasteiger partial charge in [-0.2, -0.15) is 0 Å². The molecule has 1 aromatic carbocycles. The molecule has 1 amide bonds. The van der Waals surface area contributed by atoms with E-state index in [-0.39, 0.29) is 23.3 Å². The lowest BCUT2D eigenvalue weighted by Crippen LogP contribution is -2.52. The maximum atomic E-state index is 13.7. The molecule has 4 nitrogen and oxygen atoms in total. The van der Waals surface area contributed by atoms with Crippen molar-refractivity contribution in [3.8, 4) is 0 Å². The number of nitrogens with one attached hydrogen (secondary N) is 1. The summed E-state index contributed by atoms with van der Waals surface area (Å²) in [5.41, 5.74) is 2.46. The van der Waals surface area contributed by atoms with Crippen LogP contribution in [0.2, 0.25) is 10.0 Å². The van der Waals surface area contributed by atoms with Gasteiger partial charge >= 0.3 is 0 Å². The van der Waals surface area contributed by atoms with Crippen molar-refractivity contribution in [1.82, 2.24) is 15.3 Å². The van der Waals surface area contributed by atoms with Gasteiger partial charge in [-0.25, -0.2) is 9.97 Å². The lowest BCUT2D eigenvalue weighted by Gasteiger charge is -2.38. The highest BCUT2D eigenvalue weighted by Gasteiger charge is 2.67. The summed E-state index contributed by atoms with van der Waals surface area (Å²) in [6.07, 6.45) is 7.63. The van der Waals surface area contributed by atoms with Crippen molar-refractivity contribution in [2.75, 3.05) is 0 Å². The molecule has 0 aliphatic heterocycles. The zero-order valence-corrected chi connectivity index (χ0v) is 17.8. The van der Waals surface area contributed by atoms with Crippen LogP contribution in [0.1, 0.15) is 76.1 Å². The molecule has 3 aliphatic rings. The van der Waals surface area contributed by atoms with Crippen molar-refractivity contribution < 1.29 is 4.79 Å². The lowest BCUT2D eigenvalue weighted by molar-refractivity contribution is -0.131. The normalized spacial score (nSPS) is 28.5. The Hall–Kier alpha value is -1.39. The monoisotopic (exact) mass is 417 g/mol. The molecule has 2 bridgehead atoms. The van der Waals surface area contributed by atoms with Crippen molar-refractivity contribution >= 4 is 40.1 Å². The molecule has 5 rings (SSSR count). The summed E-state index contributed by atoms with van der Waals surface area (Å²) in [5, 5.41) is 4.34. The molecule has 28 heavy (non-hydrogen) atoms. The number of rotatable bonds is 2. The van der Waals surface area contributed by atoms with Crippen LogP contribution in [0.5, 0.6) is 0 Å². The SMILES string of the molecule is CC1(C)C2CCC1(C(=O)NC1CCCCC1)c1nc3cc(Cl)c(Cl)cc3nc12. The van der Waals surface area contributed by atoms with E-state index in [0.29, 0.717) is 15.6 Å². The number of benzene rings is 1. The van der Waals surface area contributed by atoms with Gasteiger partial charge in [-0.15, -0.1) is 0 Å². The first-order chi connectivity index (χ1) is 13.3. The van der Waals surface area contributed by atoms with Gasteiger partial charge in [0.15, 0.2) is 0 Å². The van der Waals surface area contributed by atoms with Crippen LogP contribution < -0.4 is 5.32 Å². The van der Waals surface area contributed by atoms with Crippen LogP contribution in [0, 0.1) is 5.41 Å². The van der Waals surface area contributed by atoms with Crippen LogP contribution in [-0.2, 0) is 10.2 Å². The molecule has 2 unspecified atom stereocenters. The van der Waals surface area contributed by atoms with E-state index in [9.17, 15) is 4.79 Å². The van der Waals surface area contributed by atoms with Gasteiger partial charge in [-0.1, -0.05) is 56.3 Å². The molecular weight excluding hydrogens is 393 g/mol. The van der Waals surface area contributed by atoms with Crippen LogP contribution in [-0.4, -0.2) is 21.9 Å². The van der Waals surface area contributed by atoms with Crippen molar-refractivity contribution in [3.63, 3.8) is 0 Å². The average molecular weight is 418 g/mol. The Morgan fingerprint density at radius 2 is 1.68 bits per heavy atom. The fraction of sp³-hybridized carbons (Fsp3) is 0.591. The molecule has 1 aromatic heterocycles. The maximum Gasteiger partial charge on any atom is 0.233 e. The minimum absolute atomic E-state index is 0.138. The second-order valence-corrected chi connectivity index (χ2v) is 10.1. The minimum Gasteiger partial charge on any atom is -0.353 e. The van der Waals surface area contributed by atoms with E-state index in [0.717, 1.165) is 42.6 Å². The maximum absolute atomic E-state index is 13.7. The van der Waals surface area contributed by atoms with E-state index in [1.54, 1.807) is 12.1 Å². The van der Waals surface area contributed by atoms with Crippen molar-refractivity contribution in [1.29, 1.82) is 0 Å². The largest absolute Gasteiger partial charge is 0.353 e. The van der Waals surface area contributed by atoms with E-state index in [4.69, 9.17) is 33.2 Å². The standard InChI is InChI=1S/C22H25Cl2N3O/c1-21(2)13-8-9-22(21,20(28)25-12-6-4-3-5-7-12)19-18(13)26-16-10-14(23)15(24)11-17(16)27-19/h10-13H,3-9H2,1-2H3,(H,25,28). The van der Waals surface area contributed by atoms with Gasteiger partial charge in [0.05, 0.1) is 37.9 Å². The number of nitrogens with zero attached hydrogens (tertiary/aromatic N) is 2. The fourth-order valence-electron chi connectivity index (χ4n) is 5.93. The Bertz CT molecular complexity index is 983. The highest BCUT2D eigenvalue weighted by molar-refractivity contribution is 6.42. The Balaban J connectivity index is 1.63. The summed E-state index contributed by atoms with van der Waals surface area (Å²) >= 11 is 12.4. The fourth-order valence-corrected chi connectivity index (χ4v) is 6.25. The molecule has 148 valence electrons. The summed E-state index contributed by atoms with van der Waals surface area (Å²) in [5.74, 6) is 0.380. The third-order valence-corrected chi connectivity index (χ3v) is 8.30. The van der Waals surface area contributed by atoms with E-state index >= 15 is 0 Å². The molecule has 1 N–H and O–H groups in total. The number of carbonyl (C=O) groups excluding carboxylic acids is 1. The Kier molecular flexibility index (Phi) is 4.19. The first kappa shape index (κ1) is 18.6. The van der Waals surface area contributed by atoms with Gasteiger partial charge in [-0.05, 0) is 43.2 Å². The Morgan fingerprint density at radius 3 is 2.36 bits per heavy atom. The van der Waals surface area contributed by atoms with E-state index in [1.807, 2.05) is 0 Å². The van der Waals surface area contributed by atoms with Crippen LogP contribution >= 0.6 is 23.2 Å². The average Bonchev–Trinajstić information content (AvgIpc) is 3.04. The molecule has 2 atom stereocenters. The molecule has 0 spiro atoms. The van der Waals surface area contributed by atoms with Gasteiger partial charge in [0.2, 0.25) is 5.91 Å². The van der Waals surface area contributed by atoms with Gasteiger partial charge in [0.25, 0.3) is 0 Å². The van der Waals surface area contributed by atoms with Crippen LogP contribution in [0.15, 0.2) is 12.1 Å². The topological polar surface area (TPSA) is 54.9 Å². The van der Waals surface area contributed by atoms with Gasteiger partial charge in [0, 0.05) is 12.0 Å². The van der Waals surface area contributed by atoms with Crippen LogP contribution in [0.4, 0.5) is 0 Å². The smallest absolute Gasteiger partial charge is 0.233 e. The zero-order valence-electron chi connectivity index (χ0n) is 16.3. The number of amides is 1. The van der Waals surface area contributed by atoms with Crippen molar-refractivity contribution in [2.24, 2.45) is 5.41 Å². The molecule has 6 heteroatoms. The number of carbonyl (C=O) groups is 1. The summed E-state index contributed by atoms with van der Waals surface area (Å²) < 4.78 is 0. The van der Waals surface area contributed by atoms with E-state index < -0.39 is 5.41 Å². The first-order valence-electron chi connectivity index (χ1n) is 10.3. The molecule has 2 fully saturated rings. The highest BCUT2D eigenvalue weighted by atomic mass is 35.5. The number of fused-ring (bicyclic) bond motifs is 6. The first-order valence-corrected chi connectivity index (χ1v) is 11.1. The molecular formula is C22H25Cl2N3O. The van der Waals surface area contributed by atoms with E-state index in [2.05, 4.69) is 19.2 Å². The number of hydrogen-bond donors (Lipinski definition) is 1. The summed E-state index contributed by atoms with van der Waals surface area (Å²) in [6, 6.07) is 3.83. The van der Waals surface area contributed by atoms with Crippen molar-refractivity contribution in [2.45, 2.75) is 76.2 Å². The number of hydrogen-bond acceptors (Lipinski definition) is 3. The van der Waals surface area contributed by atoms with Gasteiger partial charge in [-0.3, -0.25) is 4.79 Å². The Labute approximate surface area is 175 Å². The number of halogens is 2.